The number of halogens is 1. The molecule has 0 bridgehead atoms. The van der Waals surface area contributed by atoms with Gasteiger partial charge in [0.05, 0.1) is 0 Å². The zero-order valence-corrected chi connectivity index (χ0v) is 15.8. The molecule has 7 heteroatoms. The number of nitrogens with zero attached hydrogens (tertiary/aromatic N) is 2. The molecule has 0 aromatic heterocycles. The fourth-order valence-corrected chi connectivity index (χ4v) is 2.92. The van der Waals surface area contributed by atoms with E-state index in [4.69, 9.17) is 19.8 Å². The van der Waals surface area contributed by atoms with Crippen LogP contribution in [0.1, 0.15) is 16.7 Å². The summed E-state index contributed by atoms with van der Waals surface area (Å²) in [6.07, 6.45) is 0. The molecule has 0 amide bonds. The zero-order valence-electron chi connectivity index (χ0n) is 15.8. The highest BCUT2D eigenvalue weighted by atomic mass is 19.1. The minimum Gasteiger partial charge on any atom is -0.473 e. The fraction of sp³-hybridized carbons (Fsp3) is 0.333. The zero-order chi connectivity index (χ0) is 20.5. The fourth-order valence-electron chi connectivity index (χ4n) is 2.92. The van der Waals surface area contributed by atoms with Gasteiger partial charge in [-0.3, -0.25) is 9.80 Å². The molecule has 2 N–H and O–H groups in total. The van der Waals surface area contributed by atoms with Crippen LogP contribution in [0.5, 0.6) is 0 Å². The van der Waals surface area contributed by atoms with Gasteiger partial charge in [-0.15, -0.1) is 0 Å². The van der Waals surface area contributed by atoms with Gasteiger partial charge in [-0.05, 0) is 18.6 Å². The van der Waals surface area contributed by atoms with Crippen LogP contribution >= 0.6 is 0 Å². The Morgan fingerprint density at radius 1 is 0.857 bits per heavy atom. The Bertz CT molecular complexity index is 775. The molecule has 2 aromatic rings. The second-order valence-corrected chi connectivity index (χ2v) is 6.74. The number of hydrogen-bond acceptors (Lipinski definition) is 4. The highest BCUT2D eigenvalue weighted by molar-refractivity contribution is 6.27. The molecule has 0 saturated carbocycles. The third kappa shape index (κ3) is 7.09. The number of aliphatic carboxylic acids is 2. The third-order valence-electron chi connectivity index (χ3n) is 4.53. The average molecular weight is 388 g/mol. The molecule has 3 rings (SSSR count). The number of piperazine rings is 1. The molecule has 0 unspecified atom stereocenters. The summed E-state index contributed by atoms with van der Waals surface area (Å²) in [5, 5.41) is 14.8. The van der Waals surface area contributed by atoms with Gasteiger partial charge in [0.2, 0.25) is 0 Å². The molecule has 1 aliphatic heterocycles. The van der Waals surface area contributed by atoms with Crippen LogP contribution in [0, 0.1) is 12.7 Å². The number of aryl methyl sites for hydroxylation is 1. The summed E-state index contributed by atoms with van der Waals surface area (Å²) in [5.41, 5.74) is 3.47. The number of carbonyl (C=O) groups is 2. The lowest BCUT2D eigenvalue weighted by atomic mass is 10.1. The lowest BCUT2D eigenvalue weighted by molar-refractivity contribution is -0.159. The van der Waals surface area contributed by atoms with E-state index in [9.17, 15) is 4.39 Å². The standard InChI is InChI=1S/C19H23FN2.C2H2O4/c1-16-6-8-17(9-7-16)14-21-10-12-22(13-11-21)15-18-4-2-3-5-19(18)20;3-1(4)2(5)6/h2-9H,10-15H2,1H3;(H,3,4)(H,5,6). The second kappa shape index (κ2) is 10.5. The first-order chi connectivity index (χ1) is 13.3. The summed E-state index contributed by atoms with van der Waals surface area (Å²) in [5.74, 6) is -3.74. The van der Waals surface area contributed by atoms with Crippen LogP contribution in [-0.4, -0.2) is 58.1 Å². The van der Waals surface area contributed by atoms with Crippen LogP contribution in [0.4, 0.5) is 4.39 Å². The van der Waals surface area contributed by atoms with E-state index in [2.05, 4.69) is 41.0 Å². The molecule has 0 aliphatic carbocycles. The number of carboxylic acid groups (broad SMARTS) is 2. The van der Waals surface area contributed by atoms with Crippen molar-refractivity contribution in [3.8, 4) is 0 Å². The maximum absolute atomic E-state index is 13.7. The van der Waals surface area contributed by atoms with Crippen LogP contribution in [0.2, 0.25) is 0 Å². The van der Waals surface area contributed by atoms with Gasteiger partial charge in [0.15, 0.2) is 0 Å². The molecule has 0 atom stereocenters. The van der Waals surface area contributed by atoms with Gasteiger partial charge in [-0.1, -0.05) is 48.0 Å². The summed E-state index contributed by atoms with van der Waals surface area (Å²) in [6.45, 7) is 7.93. The van der Waals surface area contributed by atoms with Gasteiger partial charge in [0.1, 0.15) is 5.82 Å². The van der Waals surface area contributed by atoms with E-state index in [-0.39, 0.29) is 5.82 Å². The molecule has 1 aliphatic rings. The smallest absolute Gasteiger partial charge is 0.414 e. The number of rotatable bonds is 4. The summed E-state index contributed by atoms with van der Waals surface area (Å²) in [6, 6.07) is 15.8. The first kappa shape index (κ1) is 21.5. The first-order valence-electron chi connectivity index (χ1n) is 9.05. The Balaban J connectivity index is 0.000000409. The Kier molecular flexibility index (Phi) is 8.10. The van der Waals surface area contributed by atoms with E-state index in [0.717, 1.165) is 38.3 Å². The molecule has 1 saturated heterocycles. The quantitative estimate of drug-likeness (QED) is 0.784. The van der Waals surface area contributed by atoms with Crippen LogP contribution in [-0.2, 0) is 22.7 Å². The van der Waals surface area contributed by atoms with E-state index in [0.29, 0.717) is 6.54 Å². The van der Waals surface area contributed by atoms with Gasteiger partial charge in [0.25, 0.3) is 0 Å². The lowest BCUT2D eigenvalue weighted by Crippen LogP contribution is -2.45. The van der Waals surface area contributed by atoms with Crippen LogP contribution in [0.3, 0.4) is 0 Å². The van der Waals surface area contributed by atoms with Crippen molar-refractivity contribution in [1.29, 1.82) is 0 Å². The number of hydrogen-bond donors (Lipinski definition) is 2. The molecule has 0 spiro atoms. The van der Waals surface area contributed by atoms with Gasteiger partial charge >= 0.3 is 11.9 Å². The van der Waals surface area contributed by atoms with Crippen LogP contribution in [0.15, 0.2) is 48.5 Å². The van der Waals surface area contributed by atoms with Crippen molar-refractivity contribution in [2.24, 2.45) is 0 Å². The van der Waals surface area contributed by atoms with E-state index < -0.39 is 11.9 Å². The Morgan fingerprint density at radius 2 is 1.36 bits per heavy atom. The van der Waals surface area contributed by atoms with Crippen molar-refractivity contribution < 1.29 is 24.2 Å². The summed E-state index contributed by atoms with van der Waals surface area (Å²) in [7, 11) is 0. The Hall–Kier alpha value is -2.77. The lowest BCUT2D eigenvalue weighted by Gasteiger charge is -2.34. The monoisotopic (exact) mass is 388 g/mol. The molecule has 0 radical (unpaired) electrons. The first-order valence-corrected chi connectivity index (χ1v) is 9.05. The van der Waals surface area contributed by atoms with Crippen molar-refractivity contribution >= 4 is 11.9 Å². The predicted octanol–water partition coefficient (Wildman–Crippen LogP) is 2.61. The molecule has 28 heavy (non-hydrogen) atoms. The summed E-state index contributed by atoms with van der Waals surface area (Å²) >= 11 is 0. The maximum atomic E-state index is 13.7. The Morgan fingerprint density at radius 3 is 1.86 bits per heavy atom. The van der Waals surface area contributed by atoms with E-state index in [1.165, 1.54) is 11.1 Å². The summed E-state index contributed by atoms with van der Waals surface area (Å²) in [4.78, 5) is 23.0. The Labute approximate surface area is 163 Å². The van der Waals surface area contributed by atoms with E-state index >= 15 is 0 Å². The molecule has 150 valence electrons. The summed E-state index contributed by atoms with van der Waals surface area (Å²) < 4.78 is 13.7. The van der Waals surface area contributed by atoms with Crippen molar-refractivity contribution in [1.82, 2.24) is 9.80 Å². The highest BCUT2D eigenvalue weighted by Crippen LogP contribution is 2.14. The van der Waals surface area contributed by atoms with Gasteiger partial charge in [-0.25, -0.2) is 14.0 Å². The van der Waals surface area contributed by atoms with Crippen molar-refractivity contribution in [3.63, 3.8) is 0 Å². The molecule has 1 heterocycles. The van der Waals surface area contributed by atoms with Crippen LogP contribution in [0.25, 0.3) is 0 Å². The molecule has 1 fully saturated rings. The molecular formula is C21H25FN2O4. The van der Waals surface area contributed by atoms with Crippen molar-refractivity contribution in [2.75, 3.05) is 26.2 Å². The van der Waals surface area contributed by atoms with Crippen molar-refractivity contribution in [2.45, 2.75) is 20.0 Å². The SMILES string of the molecule is Cc1ccc(CN2CCN(Cc3ccccc3F)CC2)cc1.O=C(O)C(=O)O. The highest BCUT2D eigenvalue weighted by Gasteiger charge is 2.18. The van der Waals surface area contributed by atoms with E-state index in [1.54, 1.807) is 12.1 Å². The average Bonchev–Trinajstić information content (AvgIpc) is 2.67. The number of carboxylic acids is 2. The maximum Gasteiger partial charge on any atom is 0.414 e. The number of benzene rings is 2. The van der Waals surface area contributed by atoms with Crippen LogP contribution < -0.4 is 0 Å². The minimum absolute atomic E-state index is 0.0930. The predicted molar refractivity (Wildman–Crippen MR) is 103 cm³/mol. The van der Waals surface area contributed by atoms with Crippen molar-refractivity contribution in [3.05, 3.63) is 71.0 Å². The normalized spacial score (nSPS) is 14.8. The largest absolute Gasteiger partial charge is 0.473 e. The molecule has 6 nitrogen and oxygen atoms in total. The van der Waals surface area contributed by atoms with Gasteiger partial charge < -0.3 is 10.2 Å². The van der Waals surface area contributed by atoms with Gasteiger partial charge in [-0.2, -0.15) is 0 Å². The minimum atomic E-state index is -1.82. The van der Waals surface area contributed by atoms with E-state index in [1.807, 2.05) is 12.1 Å². The van der Waals surface area contributed by atoms with Gasteiger partial charge in [0, 0.05) is 44.8 Å². The molecular weight excluding hydrogens is 363 g/mol. The third-order valence-corrected chi connectivity index (χ3v) is 4.53. The molecule has 2 aromatic carbocycles. The topological polar surface area (TPSA) is 81.1 Å². The second-order valence-electron chi connectivity index (χ2n) is 6.74.